The fourth-order valence-corrected chi connectivity index (χ4v) is 4.23. The SMILES string of the molecule is COC[C@@H]1CCCN1C(=O)Nc1cccc(Nc2ncc(C(N)=O)c(N[C@@H](C)c3ccccc3)n2)c1. The van der Waals surface area contributed by atoms with E-state index in [0.717, 1.165) is 18.4 Å². The zero-order valence-electron chi connectivity index (χ0n) is 20.4. The zero-order chi connectivity index (χ0) is 25.5. The third-order valence-corrected chi connectivity index (χ3v) is 6.07. The van der Waals surface area contributed by atoms with E-state index in [4.69, 9.17) is 10.5 Å². The Hall–Kier alpha value is -4.18. The van der Waals surface area contributed by atoms with Crippen molar-refractivity contribution < 1.29 is 14.3 Å². The molecule has 0 aliphatic carbocycles. The van der Waals surface area contributed by atoms with Gasteiger partial charge in [0, 0.05) is 37.3 Å². The fraction of sp³-hybridized carbons (Fsp3) is 0.308. The van der Waals surface area contributed by atoms with Gasteiger partial charge in [-0.05, 0) is 43.5 Å². The van der Waals surface area contributed by atoms with Crippen molar-refractivity contribution in [1.82, 2.24) is 14.9 Å². The molecule has 1 fully saturated rings. The summed E-state index contributed by atoms with van der Waals surface area (Å²) >= 11 is 0. The lowest BCUT2D eigenvalue weighted by Crippen LogP contribution is -2.40. The Labute approximate surface area is 210 Å². The van der Waals surface area contributed by atoms with E-state index in [1.807, 2.05) is 55.5 Å². The Morgan fingerprint density at radius 1 is 1.17 bits per heavy atom. The third-order valence-electron chi connectivity index (χ3n) is 6.07. The zero-order valence-corrected chi connectivity index (χ0v) is 20.4. The Morgan fingerprint density at radius 2 is 1.94 bits per heavy atom. The summed E-state index contributed by atoms with van der Waals surface area (Å²) in [6.45, 7) is 3.20. The van der Waals surface area contributed by atoms with Crippen LogP contribution in [0, 0.1) is 0 Å². The van der Waals surface area contributed by atoms with Crippen molar-refractivity contribution in [3.63, 3.8) is 0 Å². The molecule has 3 amide bonds. The number of nitrogens with zero attached hydrogens (tertiary/aromatic N) is 3. The summed E-state index contributed by atoms with van der Waals surface area (Å²) in [5, 5.41) is 9.34. The molecule has 0 spiro atoms. The highest BCUT2D eigenvalue weighted by molar-refractivity contribution is 5.97. The Balaban J connectivity index is 1.48. The van der Waals surface area contributed by atoms with Crippen LogP contribution in [-0.2, 0) is 4.74 Å². The maximum absolute atomic E-state index is 12.8. The number of carbonyl (C=O) groups excluding carboxylic acids is 2. The van der Waals surface area contributed by atoms with Crippen molar-refractivity contribution in [3.8, 4) is 0 Å². The van der Waals surface area contributed by atoms with Gasteiger partial charge in [-0.25, -0.2) is 9.78 Å². The van der Waals surface area contributed by atoms with Crippen molar-refractivity contribution in [2.75, 3.05) is 36.2 Å². The van der Waals surface area contributed by atoms with Crippen LogP contribution in [-0.4, -0.2) is 53.1 Å². The molecule has 2 atom stereocenters. The average molecular weight is 490 g/mol. The van der Waals surface area contributed by atoms with Crippen LogP contribution in [0.3, 0.4) is 0 Å². The molecule has 1 saturated heterocycles. The number of likely N-dealkylation sites (tertiary alicyclic amines) is 1. The molecule has 4 rings (SSSR count). The molecule has 2 aromatic carbocycles. The summed E-state index contributed by atoms with van der Waals surface area (Å²) in [5.74, 6) is -0.00678. The van der Waals surface area contributed by atoms with Crippen LogP contribution in [0.15, 0.2) is 60.8 Å². The standard InChI is InChI=1S/C26H31N7O3/c1-17(18-8-4-3-5-9-18)29-24-22(23(27)34)15-28-25(32-24)30-19-10-6-11-20(14-19)31-26(35)33-13-7-12-21(33)16-36-2/h3-6,8-11,14-15,17,21H,7,12-13,16H2,1-2H3,(H2,27,34)(H,31,35)(H2,28,29,30,32)/t17-,21-/m0/s1. The summed E-state index contributed by atoms with van der Waals surface area (Å²) in [6.07, 6.45) is 3.29. The first kappa shape index (κ1) is 24.9. The number of ether oxygens (including phenoxy) is 1. The minimum Gasteiger partial charge on any atom is -0.383 e. The first-order chi connectivity index (χ1) is 17.4. The quantitative estimate of drug-likeness (QED) is 0.355. The third kappa shape index (κ3) is 6.08. The molecule has 2 heterocycles. The van der Waals surface area contributed by atoms with Crippen LogP contribution in [0.25, 0.3) is 0 Å². The van der Waals surface area contributed by atoms with E-state index in [0.29, 0.717) is 30.3 Å². The number of benzene rings is 2. The van der Waals surface area contributed by atoms with Crippen molar-refractivity contribution >= 4 is 35.1 Å². The van der Waals surface area contributed by atoms with Gasteiger partial charge in [-0.1, -0.05) is 36.4 Å². The molecule has 1 aliphatic rings. The van der Waals surface area contributed by atoms with E-state index in [-0.39, 0.29) is 29.6 Å². The van der Waals surface area contributed by atoms with E-state index in [9.17, 15) is 9.59 Å². The van der Waals surface area contributed by atoms with Crippen LogP contribution in [0.5, 0.6) is 0 Å². The van der Waals surface area contributed by atoms with Gasteiger partial charge in [-0.2, -0.15) is 4.98 Å². The monoisotopic (exact) mass is 489 g/mol. The number of primary amides is 1. The summed E-state index contributed by atoms with van der Waals surface area (Å²) in [6, 6.07) is 16.9. The van der Waals surface area contributed by atoms with Crippen molar-refractivity contribution in [1.29, 1.82) is 0 Å². The second-order valence-corrected chi connectivity index (χ2v) is 8.68. The summed E-state index contributed by atoms with van der Waals surface area (Å²) in [7, 11) is 1.64. The number of nitrogens with two attached hydrogens (primary N) is 1. The maximum Gasteiger partial charge on any atom is 0.322 e. The molecule has 0 unspecified atom stereocenters. The van der Waals surface area contributed by atoms with Gasteiger partial charge in [0.1, 0.15) is 5.82 Å². The molecular formula is C26H31N7O3. The molecule has 10 nitrogen and oxygen atoms in total. The van der Waals surface area contributed by atoms with Crippen LogP contribution in [0.1, 0.15) is 41.7 Å². The number of hydrogen-bond donors (Lipinski definition) is 4. The summed E-state index contributed by atoms with van der Waals surface area (Å²) in [5.41, 5.74) is 8.09. The second kappa shape index (κ2) is 11.5. The predicted molar refractivity (Wildman–Crippen MR) is 139 cm³/mol. The highest BCUT2D eigenvalue weighted by Gasteiger charge is 2.28. The van der Waals surface area contributed by atoms with Gasteiger partial charge in [0.2, 0.25) is 5.95 Å². The van der Waals surface area contributed by atoms with Crippen LogP contribution in [0.4, 0.5) is 27.9 Å². The van der Waals surface area contributed by atoms with E-state index >= 15 is 0 Å². The highest BCUT2D eigenvalue weighted by Crippen LogP contribution is 2.24. The number of amides is 3. The van der Waals surface area contributed by atoms with Gasteiger partial charge in [-0.15, -0.1) is 0 Å². The molecule has 0 bridgehead atoms. The van der Waals surface area contributed by atoms with Gasteiger partial charge < -0.3 is 31.3 Å². The van der Waals surface area contributed by atoms with Gasteiger partial charge in [0.15, 0.2) is 0 Å². The number of aromatic nitrogens is 2. The average Bonchev–Trinajstić information content (AvgIpc) is 3.33. The Morgan fingerprint density at radius 3 is 2.69 bits per heavy atom. The smallest absolute Gasteiger partial charge is 0.322 e. The molecule has 3 aromatic rings. The van der Waals surface area contributed by atoms with E-state index in [1.54, 1.807) is 18.1 Å². The minimum absolute atomic E-state index is 0.0812. The second-order valence-electron chi connectivity index (χ2n) is 8.68. The Kier molecular flexibility index (Phi) is 7.96. The van der Waals surface area contributed by atoms with Gasteiger partial charge >= 0.3 is 6.03 Å². The normalized spacial score (nSPS) is 15.8. The number of hydrogen-bond acceptors (Lipinski definition) is 7. The van der Waals surface area contributed by atoms with E-state index in [1.165, 1.54) is 6.20 Å². The number of anilines is 4. The molecule has 188 valence electrons. The van der Waals surface area contributed by atoms with E-state index < -0.39 is 5.91 Å². The predicted octanol–water partition coefficient (Wildman–Crippen LogP) is 4.13. The van der Waals surface area contributed by atoms with Gasteiger partial charge in [-0.3, -0.25) is 4.79 Å². The lowest BCUT2D eigenvalue weighted by Gasteiger charge is -2.24. The minimum atomic E-state index is -0.622. The Bertz CT molecular complexity index is 1210. The molecule has 10 heteroatoms. The largest absolute Gasteiger partial charge is 0.383 e. The van der Waals surface area contributed by atoms with Crippen molar-refractivity contribution in [2.45, 2.75) is 31.8 Å². The molecule has 36 heavy (non-hydrogen) atoms. The number of carbonyl (C=O) groups is 2. The van der Waals surface area contributed by atoms with Crippen LogP contribution >= 0.6 is 0 Å². The molecular weight excluding hydrogens is 458 g/mol. The lowest BCUT2D eigenvalue weighted by molar-refractivity contribution is 0.100. The first-order valence-electron chi connectivity index (χ1n) is 11.9. The topological polar surface area (TPSA) is 134 Å². The number of urea groups is 1. The van der Waals surface area contributed by atoms with E-state index in [2.05, 4.69) is 25.9 Å². The molecule has 1 aliphatic heterocycles. The van der Waals surface area contributed by atoms with Crippen molar-refractivity contribution in [3.05, 3.63) is 71.9 Å². The molecule has 0 saturated carbocycles. The molecule has 5 N–H and O–H groups in total. The first-order valence-corrected chi connectivity index (χ1v) is 11.9. The molecule has 1 aromatic heterocycles. The fourth-order valence-electron chi connectivity index (χ4n) is 4.23. The van der Waals surface area contributed by atoms with Gasteiger partial charge in [0.25, 0.3) is 5.91 Å². The number of nitrogens with one attached hydrogen (secondary N) is 3. The lowest BCUT2D eigenvalue weighted by atomic mass is 10.1. The van der Waals surface area contributed by atoms with Crippen LogP contribution < -0.4 is 21.7 Å². The van der Waals surface area contributed by atoms with Crippen molar-refractivity contribution in [2.24, 2.45) is 5.73 Å². The number of rotatable bonds is 9. The highest BCUT2D eigenvalue weighted by atomic mass is 16.5. The van der Waals surface area contributed by atoms with Crippen LogP contribution in [0.2, 0.25) is 0 Å². The molecule has 0 radical (unpaired) electrons. The number of methoxy groups -OCH3 is 1. The summed E-state index contributed by atoms with van der Waals surface area (Å²) < 4.78 is 5.24. The summed E-state index contributed by atoms with van der Waals surface area (Å²) in [4.78, 5) is 35.3. The maximum atomic E-state index is 12.8. The van der Waals surface area contributed by atoms with Gasteiger partial charge in [0.05, 0.1) is 18.2 Å².